The highest BCUT2D eigenvalue weighted by atomic mass is 35.5. The largest absolute Gasteiger partial charge is 0.487 e. The molecule has 1 aliphatic heterocycles. The van der Waals surface area contributed by atoms with E-state index in [0.29, 0.717) is 16.8 Å². The van der Waals surface area contributed by atoms with E-state index in [-0.39, 0.29) is 12.2 Å². The minimum Gasteiger partial charge on any atom is -0.487 e. The van der Waals surface area contributed by atoms with E-state index < -0.39 is 0 Å². The topological polar surface area (TPSA) is 72.3 Å². The molecule has 1 fully saturated rings. The Hall–Kier alpha value is -2.90. The standard InChI is InChI=1S/C22H24ClN5O2/c1-2-24-17-7-9-27(14-17)21-6-5-19(13-26-21)28-10-8-20(11-22(28)29)30-15-18-4-3-16(23)12-25-18/h3-6,8,10-13,17,24H,2,7,9,14-15H2,1H3/t17-/m1/s1. The number of aromatic nitrogens is 3. The average Bonchev–Trinajstić information content (AvgIpc) is 3.23. The van der Waals surface area contributed by atoms with Crippen molar-refractivity contribution in [1.82, 2.24) is 19.9 Å². The minimum absolute atomic E-state index is 0.181. The molecule has 156 valence electrons. The van der Waals surface area contributed by atoms with Crippen LogP contribution >= 0.6 is 11.6 Å². The summed E-state index contributed by atoms with van der Waals surface area (Å²) >= 11 is 5.83. The maximum atomic E-state index is 12.6. The Bertz CT molecular complexity index is 1040. The van der Waals surface area contributed by atoms with Gasteiger partial charge in [0.25, 0.3) is 5.56 Å². The van der Waals surface area contributed by atoms with Crippen molar-refractivity contribution in [3.8, 4) is 11.4 Å². The second kappa shape index (κ2) is 9.28. The van der Waals surface area contributed by atoms with Crippen LogP contribution in [0.1, 0.15) is 19.0 Å². The average molecular weight is 426 g/mol. The normalized spacial score (nSPS) is 16.1. The Balaban J connectivity index is 1.41. The number of hydrogen-bond acceptors (Lipinski definition) is 6. The Morgan fingerprint density at radius 2 is 2.10 bits per heavy atom. The third kappa shape index (κ3) is 4.80. The first-order valence-corrected chi connectivity index (χ1v) is 10.4. The summed E-state index contributed by atoms with van der Waals surface area (Å²) in [4.78, 5) is 23.6. The van der Waals surface area contributed by atoms with Gasteiger partial charge in [-0.2, -0.15) is 0 Å². The number of pyridine rings is 3. The van der Waals surface area contributed by atoms with Gasteiger partial charge in [0.15, 0.2) is 0 Å². The quantitative estimate of drug-likeness (QED) is 0.627. The first-order chi connectivity index (χ1) is 14.6. The molecule has 1 N–H and O–H groups in total. The van der Waals surface area contributed by atoms with E-state index in [0.717, 1.165) is 43.3 Å². The summed E-state index contributed by atoms with van der Waals surface area (Å²) in [5.74, 6) is 1.42. The molecule has 0 spiro atoms. The number of hydrogen-bond donors (Lipinski definition) is 1. The Labute approximate surface area is 180 Å². The van der Waals surface area contributed by atoms with Crippen LogP contribution in [0.15, 0.2) is 59.8 Å². The second-order valence-electron chi connectivity index (χ2n) is 7.19. The van der Waals surface area contributed by atoms with Gasteiger partial charge in [-0.3, -0.25) is 14.3 Å². The Morgan fingerprint density at radius 3 is 2.80 bits per heavy atom. The van der Waals surface area contributed by atoms with Gasteiger partial charge in [0.2, 0.25) is 0 Å². The van der Waals surface area contributed by atoms with Gasteiger partial charge in [0.1, 0.15) is 18.2 Å². The summed E-state index contributed by atoms with van der Waals surface area (Å²) in [6.07, 6.45) is 6.11. The van der Waals surface area contributed by atoms with Gasteiger partial charge < -0.3 is 15.0 Å². The lowest BCUT2D eigenvalue weighted by Gasteiger charge is -2.18. The Kier molecular flexibility index (Phi) is 6.30. The van der Waals surface area contributed by atoms with Crippen LogP contribution in [0.4, 0.5) is 5.82 Å². The summed E-state index contributed by atoms with van der Waals surface area (Å²) < 4.78 is 7.22. The second-order valence-corrected chi connectivity index (χ2v) is 7.63. The van der Waals surface area contributed by atoms with Crippen molar-refractivity contribution >= 4 is 17.4 Å². The van der Waals surface area contributed by atoms with Crippen molar-refractivity contribution in [2.75, 3.05) is 24.5 Å². The van der Waals surface area contributed by atoms with E-state index in [4.69, 9.17) is 16.3 Å². The van der Waals surface area contributed by atoms with Crippen molar-refractivity contribution in [3.05, 3.63) is 76.1 Å². The molecule has 0 radical (unpaired) electrons. The maximum absolute atomic E-state index is 12.6. The summed E-state index contributed by atoms with van der Waals surface area (Å²) in [5, 5.41) is 4.05. The van der Waals surface area contributed by atoms with Crippen molar-refractivity contribution < 1.29 is 4.74 Å². The molecule has 1 aliphatic rings. The monoisotopic (exact) mass is 425 g/mol. The number of nitrogens with zero attached hydrogens (tertiary/aromatic N) is 4. The van der Waals surface area contributed by atoms with Gasteiger partial charge >= 0.3 is 0 Å². The van der Waals surface area contributed by atoms with E-state index in [1.165, 1.54) is 6.07 Å². The molecule has 0 bridgehead atoms. The number of rotatable bonds is 7. The van der Waals surface area contributed by atoms with Crippen molar-refractivity contribution in [2.45, 2.75) is 26.0 Å². The van der Waals surface area contributed by atoms with Gasteiger partial charge in [0, 0.05) is 37.6 Å². The van der Waals surface area contributed by atoms with Crippen molar-refractivity contribution in [3.63, 3.8) is 0 Å². The zero-order chi connectivity index (χ0) is 20.9. The highest BCUT2D eigenvalue weighted by molar-refractivity contribution is 6.30. The molecule has 1 saturated heterocycles. The molecule has 0 saturated carbocycles. The van der Waals surface area contributed by atoms with Gasteiger partial charge in [-0.05, 0) is 43.3 Å². The molecule has 0 amide bonds. The number of nitrogens with one attached hydrogen (secondary N) is 1. The van der Waals surface area contributed by atoms with Gasteiger partial charge in [-0.25, -0.2) is 4.98 Å². The number of anilines is 1. The summed E-state index contributed by atoms with van der Waals surface area (Å²) in [6, 6.07) is 11.2. The maximum Gasteiger partial charge on any atom is 0.258 e. The molecule has 4 rings (SSSR count). The molecule has 1 atom stereocenters. The molecule has 3 aromatic rings. The predicted octanol–water partition coefficient (Wildman–Crippen LogP) is 3.05. The molecular weight excluding hydrogens is 402 g/mol. The molecule has 4 heterocycles. The van der Waals surface area contributed by atoms with Crippen LogP contribution in [0.5, 0.6) is 5.75 Å². The summed E-state index contributed by atoms with van der Waals surface area (Å²) in [7, 11) is 0. The fourth-order valence-corrected chi connectivity index (χ4v) is 3.66. The van der Waals surface area contributed by atoms with Crippen LogP contribution in [0.3, 0.4) is 0 Å². The smallest absolute Gasteiger partial charge is 0.258 e. The number of likely N-dealkylation sites (N-methyl/N-ethyl adjacent to an activating group) is 1. The molecule has 3 aromatic heterocycles. The van der Waals surface area contributed by atoms with Crippen molar-refractivity contribution in [1.29, 1.82) is 0 Å². The zero-order valence-electron chi connectivity index (χ0n) is 16.8. The molecule has 30 heavy (non-hydrogen) atoms. The zero-order valence-corrected chi connectivity index (χ0v) is 17.5. The highest BCUT2D eigenvalue weighted by Gasteiger charge is 2.22. The molecule has 0 aliphatic carbocycles. The number of ether oxygens (including phenoxy) is 1. The molecule has 0 unspecified atom stereocenters. The Morgan fingerprint density at radius 1 is 1.20 bits per heavy atom. The predicted molar refractivity (Wildman–Crippen MR) is 118 cm³/mol. The van der Waals surface area contributed by atoms with E-state index in [1.54, 1.807) is 41.4 Å². The van der Waals surface area contributed by atoms with Crippen LogP contribution in [0, 0.1) is 0 Å². The number of halogens is 1. The van der Waals surface area contributed by atoms with Gasteiger partial charge in [-0.15, -0.1) is 0 Å². The van der Waals surface area contributed by atoms with E-state index in [9.17, 15) is 4.79 Å². The van der Waals surface area contributed by atoms with Crippen LogP contribution in [0.25, 0.3) is 5.69 Å². The van der Waals surface area contributed by atoms with E-state index in [2.05, 4.69) is 27.1 Å². The first-order valence-electron chi connectivity index (χ1n) is 10.0. The van der Waals surface area contributed by atoms with E-state index >= 15 is 0 Å². The lowest BCUT2D eigenvalue weighted by atomic mass is 10.3. The molecular formula is C22H24ClN5O2. The van der Waals surface area contributed by atoms with Crippen LogP contribution in [-0.4, -0.2) is 40.2 Å². The third-order valence-electron chi connectivity index (χ3n) is 5.08. The van der Waals surface area contributed by atoms with Crippen LogP contribution < -0.4 is 20.5 Å². The molecule has 0 aromatic carbocycles. The van der Waals surface area contributed by atoms with Crippen LogP contribution in [0.2, 0.25) is 5.02 Å². The highest BCUT2D eigenvalue weighted by Crippen LogP contribution is 2.19. The lowest BCUT2D eigenvalue weighted by molar-refractivity contribution is 0.300. The molecule has 8 heteroatoms. The fraction of sp³-hybridized carbons (Fsp3) is 0.318. The summed E-state index contributed by atoms with van der Waals surface area (Å²) in [6.45, 7) is 5.30. The lowest BCUT2D eigenvalue weighted by Crippen LogP contribution is -2.32. The summed E-state index contributed by atoms with van der Waals surface area (Å²) in [5.41, 5.74) is 1.28. The van der Waals surface area contributed by atoms with Gasteiger partial charge in [0.05, 0.1) is 22.6 Å². The fourth-order valence-electron chi connectivity index (χ4n) is 3.54. The minimum atomic E-state index is -0.181. The SMILES string of the molecule is CCN[C@@H]1CCN(c2ccc(-n3ccc(OCc4ccc(Cl)cn4)cc3=O)cn2)C1. The van der Waals surface area contributed by atoms with Gasteiger partial charge in [-0.1, -0.05) is 18.5 Å². The van der Waals surface area contributed by atoms with Crippen molar-refractivity contribution in [2.24, 2.45) is 0 Å². The molecule has 7 nitrogen and oxygen atoms in total. The third-order valence-corrected chi connectivity index (χ3v) is 5.31. The first kappa shape index (κ1) is 20.4. The van der Waals surface area contributed by atoms with Crippen LogP contribution in [-0.2, 0) is 6.61 Å². The van der Waals surface area contributed by atoms with E-state index in [1.807, 2.05) is 12.1 Å².